The molecule has 29 heavy (non-hydrogen) atoms. The maximum atomic E-state index is 13.1. The lowest BCUT2D eigenvalue weighted by atomic mass is 10.1. The molecule has 0 N–H and O–H groups in total. The van der Waals surface area contributed by atoms with Crippen LogP contribution in [0, 0.1) is 0 Å². The van der Waals surface area contributed by atoms with Crippen LogP contribution in [0.5, 0.6) is 0 Å². The van der Waals surface area contributed by atoms with Gasteiger partial charge in [0.05, 0.1) is 23.1 Å². The molecule has 3 heterocycles. The molecular weight excluding hydrogens is 383 g/mol. The molecule has 160 valence electrons. The van der Waals surface area contributed by atoms with E-state index in [1.807, 2.05) is 6.92 Å². The minimum atomic E-state index is -4.60. The lowest BCUT2D eigenvalue weighted by Crippen LogP contribution is -2.37. The predicted molar refractivity (Wildman–Crippen MR) is 106 cm³/mol. The van der Waals surface area contributed by atoms with Crippen molar-refractivity contribution in [2.24, 2.45) is 0 Å². The van der Waals surface area contributed by atoms with E-state index in [2.05, 4.69) is 33.7 Å². The molecule has 0 aromatic carbocycles. The Hall–Kier alpha value is -2.00. The van der Waals surface area contributed by atoms with Gasteiger partial charge in [-0.3, -0.25) is 14.3 Å². The van der Waals surface area contributed by atoms with Crippen molar-refractivity contribution in [2.45, 2.75) is 51.9 Å². The van der Waals surface area contributed by atoms with Crippen LogP contribution in [0.2, 0.25) is 0 Å². The van der Waals surface area contributed by atoms with E-state index in [1.54, 1.807) is 0 Å². The van der Waals surface area contributed by atoms with E-state index in [0.29, 0.717) is 12.4 Å². The summed E-state index contributed by atoms with van der Waals surface area (Å²) in [6, 6.07) is 0.766. The molecule has 1 aliphatic rings. The highest BCUT2D eigenvalue weighted by molar-refractivity contribution is 5.77. The maximum absolute atomic E-state index is 13.1. The molecule has 6 nitrogen and oxygen atoms in total. The van der Waals surface area contributed by atoms with E-state index in [4.69, 9.17) is 0 Å². The molecule has 1 fully saturated rings. The van der Waals surface area contributed by atoms with E-state index >= 15 is 0 Å². The number of halogens is 3. The van der Waals surface area contributed by atoms with Gasteiger partial charge in [-0.05, 0) is 39.4 Å². The normalized spacial score (nSPS) is 18.1. The van der Waals surface area contributed by atoms with Gasteiger partial charge < -0.3 is 4.90 Å². The fourth-order valence-corrected chi connectivity index (χ4v) is 3.98. The molecule has 1 saturated heterocycles. The number of fused-ring (bicyclic) bond motifs is 1. The van der Waals surface area contributed by atoms with Crippen LogP contribution >= 0.6 is 0 Å². The van der Waals surface area contributed by atoms with E-state index in [1.165, 1.54) is 4.57 Å². The summed E-state index contributed by atoms with van der Waals surface area (Å²) >= 11 is 0. The Bertz CT molecular complexity index is 911. The molecule has 1 aliphatic heterocycles. The Kier molecular flexibility index (Phi) is 6.58. The molecule has 0 amide bonds. The van der Waals surface area contributed by atoms with Crippen LogP contribution < -0.4 is 5.56 Å². The highest BCUT2D eigenvalue weighted by atomic mass is 19.4. The fourth-order valence-electron chi connectivity index (χ4n) is 3.98. The zero-order chi connectivity index (χ0) is 21.2. The van der Waals surface area contributed by atoms with Crippen molar-refractivity contribution >= 4 is 10.9 Å². The van der Waals surface area contributed by atoms with Crippen LogP contribution in [0.3, 0.4) is 0 Å². The Labute approximate surface area is 168 Å². The third kappa shape index (κ3) is 4.61. The highest BCUT2D eigenvalue weighted by Crippen LogP contribution is 2.30. The van der Waals surface area contributed by atoms with Gasteiger partial charge in [-0.25, -0.2) is 9.97 Å². The lowest BCUT2D eigenvalue weighted by Gasteiger charge is -2.31. The predicted octanol–water partition coefficient (Wildman–Crippen LogP) is 3.31. The molecule has 3 rings (SSSR count). The second kappa shape index (κ2) is 8.79. The van der Waals surface area contributed by atoms with Crippen molar-refractivity contribution < 1.29 is 13.2 Å². The Morgan fingerprint density at radius 1 is 1.17 bits per heavy atom. The first kappa shape index (κ1) is 21.7. The van der Waals surface area contributed by atoms with E-state index in [9.17, 15) is 18.0 Å². The molecule has 0 radical (unpaired) electrons. The molecule has 0 spiro atoms. The van der Waals surface area contributed by atoms with Crippen LogP contribution in [-0.2, 0) is 12.7 Å². The number of alkyl halides is 3. The number of aromatic nitrogens is 3. The average molecular weight is 411 g/mol. The topological polar surface area (TPSA) is 54.3 Å². The zero-order valence-electron chi connectivity index (χ0n) is 17.2. The summed E-state index contributed by atoms with van der Waals surface area (Å²) in [6.45, 7) is 7.98. The van der Waals surface area contributed by atoms with Gasteiger partial charge in [-0.15, -0.1) is 0 Å². The first-order chi connectivity index (χ1) is 13.8. The molecule has 1 unspecified atom stereocenters. The number of hydrogen-bond acceptors (Lipinski definition) is 5. The summed E-state index contributed by atoms with van der Waals surface area (Å²) in [5.41, 5.74) is -1.29. The number of nitrogens with zero attached hydrogens (tertiary/aromatic N) is 5. The van der Waals surface area contributed by atoms with Gasteiger partial charge in [0.15, 0.2) is 0 Å². The standard InChI is InChI=1S/C20H28F3N5O/c1-4-7-16(27-9-6-8-26(3)10-11-27)18-25-15-13-24-17(20(21,22)23)12-14(15)19(29)28(18)5-2/h12-13,16H,4-11H2,1-3H3. The molecule has 2 aromatic rings. The van der Waals surface area contributed by atoms with E-state index in [0.717, 1.165) is 57.7 Å². The minimum absolute atomic E-state index is 0.0382. The summed E-state index contributed by atoms with van der Waals surface area (Å²) in [4.78, 5) is 25.9. The van der Waals surface area contributed by atoms with Crippen molar-refractivity contribution in [2.75, 3.05) is 33.2 Å². The smallest absolute Gasteiger partial charge is 0.305 e. The summed E-state index contributed by atoms with van der Waals surface area (Å²) in [5.74, 6) is 0.623. The number of hydrogen-bond donors (Lipinski definition) is 0. The van der Waals surface area contributed by atoms with Gasteiger partial charge in [0.1, 0.15) is 11.5 Å². The van der Waals surface area contributed by atoms with Crippen molar-refractivity contribution in [3.05, 3.63) is 34.1 Å². The van der Waals surface area contributed by atoms with Crippen LogP contribution in [0.15, 0.2) is 17.1 Å². The maximum Gasteiger partial charge on any atom is 0.433 e. The number of pyridine rings is 1. The molecule has 0 aliphatic carbocycles. The Morgan fingerprint density at radius 3 is 2.59 bits per heavy atom. The third-order valence-corrected chi connectivity index (χ3v) is 5.53. The molecule has 2 aromatic heterocycles. The van der Waals surface area contributed by atoms with Crippen LogP contribution in [0.4, 0.5) is 13.2 Å². The van der Waals surface area contributed by atoms with Crippen molar-refractivity contribution in [3.8, 4) is 0 Å². The summed E-state index contributed by atoms with van der Waals surface area (Å²) in [6.07, 6.45) is -0.756. The average Bonchev–Trinajstić information content (AvgIpc) is 2.89. The van der Waals surface area contributed by atoms with Gasteiger partial charge in [0, 0.05) is 26.2 Å². The lowest BCUT2D eigenvalue weighted by molar-refractivity contribution is -0.141. The van der Waals surface area contributed by atoms with Gasteiger partial charge in [-0.1, -0.05) is 13.3 Å². The Morgan fingerprint density at radius 2 is 1.93 bits per heavy atom. The second-order valence-corrected chi connectivity index (χ2v) is 7.60. The van der Waals surface area contributed by atoms with Crippen LogP contribution in [-0.4, -0.2) is 57.6 Å². The molecular formula is C20H28F3N5O. The van der Waals surface area contributed by atoms with Gasteiger partial charge in [0.25, 0.3) is 5.56 Å². The van der Waals surface area contributed by atoms with Crippen molar-refractivity contribution in [3.63, 3.8) is 0 Å². The summed E-state index contributed by atoms with van der Waals surface area (Å²) in [5, 5.41) is -0.0382. The van der Waals surface area contributed by atoms with E-state index in [-0.39, 0.29) is 16.9 Å². The molecule has 9 heteroatoms. The Balaban J connectivity index is 2.11. The number of likely N-dealkylation sites (N-methyl/N-ethyl adjacent to an activating group) is 1. The fraction of sp³-hybridized carbons (Fsp3) is 0.650. The molecule has 1 atom stereocenters. The summed E-state index contributed by atoms with van der Waals surface area (Å²) < 4.78 is 40.7. The first-order valence-corrected chi connectivity index (χ1v) is 10.2. The molecule has 0 saturated carbocycles. The monoisotopic (exact) mass is 411 g/mol. The second-order valence-electron chi connectivity index (χ2n) is 7.60. The zero-order valence-corrected chi connectivity index (χ0v) is 17.2. The molecule has 0 bridgehead atoms. The van der Waals surface area contributed by atoms with Crippen LogP contribution in [0.1, 0.15) is 50.7 Å². The van der Waals surface area contributed by atoms with Gasteiger partial charge in [0.2, 0.25) is 0 Å². The van der Waals surface area contributed by atoms with Crippen molar-refractivity contribution in [1.29, 1.82) is 0 Å². The van der Waals surface area contributed by atoms with Crippen molar-refractivity contribution in [1.82, 2.24) is 24.3 Å². The van der Waals surface area contributed by atoms with E-state index < -0.39 is 17.4 Å². The SMILES string of the molecule is CCCC(c1nc2cnc(C(F)(F)F)cc2c(=O)n1CC)N1CCCN(C)CC1. The van der Waals surface area contributed by atoms with Gasteiger partial charge >= 0.3 is 6.18 Å². The largest absolute Gasteiger partial charge is 0.433 e. The minimum Gasteiger partial charge on any atom is -0.305 e. The van der Waals surface area contributed by atoms with Gasteiger partial charge in [-0.2, -0.15) is 13.2 Å². The number of rotatable bonds is 5. The highest BCUT2D eigenvalue weighted by Gasteiger charge is 2.33. The van der Waals surface area contributed by atoms with Crippen LogP contribution in [0.25, 0.3) is 10.9 Å². The third-order valence-electron chi connectivity index (χ3n) is 5.53. The first-order valence-electron chi connectivity index (χ1n) is 10.2. The quantitative estimate of drug-likeness (QED) is 0.756. The summed E-state index contributed by atoms with van der Waals surface area (Å²) in [7, 11) is 2.10.